The Balaban J connectivity index is 2.92. The summed E-state index contributed by atoms with van der Waals surface area (Å²) in [6, 6.07) is 2.26. The lowest BCUT2D eigenvalue weighted by Crippen LogP contribution is -1.99. The van der Waals surface area contributed by atoms with Crippen molar-refractivity contribution in [1.82, 2.24) is 0 Å². The Morgan fingerprint density at radius 2 is 1.67 bits per heavy atom. The van der Waals surface area contributed by atoms with Gasteiger partial charge in [0.25, 0.3) is 0 Å². The molecule has 80 valence electrons. The first-order valence-corrected chi connectivity index (χ1v) is 6.38. The number of benzene rings is 1. The van der Waals surface area contributed by atoms with Crippen LogP contribution in [-0.2, 0) is 0 Å². The van der Waals surface area contributed by atoms with Crippen molar-refractivity contribution in [1.29, 1.82) is 0 Å². The molecule has 1 heteroatoms. The van der Waals surface area contributed by atoms with Gasteiger partial charge in [0.15, 0.2) is 0 Å². The van der Waals surface area contributed by atoms with E-state index in [4.69, 9.17) is 0 Å². The van der Waals surface area contributed by atoms with Crippen molar-refractivity contribution in [3.63, 3.8) is 0 Å². The summed E-state index contributed by atoms with van der Waals surface area (Å²) in [6.07, 6.45) is 0. The maximum Gasteiger partial charge on any atom is 0.0377 e. The molecule has 0 saturated heterocycles. The van der Waals surface area contributed by atoms with E-state index in [1.165, 1.54) is 26.8 Å². The molecule has 0 saturated carbocycles. The van der Waals surface area contributed by atoms with Gasteiger partial charge in [0.2, 0.25) is 0 Å². The number of hydrogen-bond donors (Lipinski definition) is 0. The summed E-state index contributed by atoms with van der Waals surface area (Å²) in [5.41, 5.74) is 5.97. The van der Waals surface area contributed by atoms with Crippen molar-refractivity contribution < 1.29 is 0 Å². The second-order valence-electron chi connectivity index (χ2n) is 4.61. The highest BCUT2D eigenvalue weighted by Gasteiger charge is 2.14. The van der Waals surface area contributed by atoms with E-state index >= 15 is 0 Å². The summed E-state index contributed by atoms with van der Waals surface area (Å²) in [6.45, 7) is 11.3. The molecule has 15 heavy (non-hydrogen) atoms. The largest absolute Gasteiger partial charge is 0.144 e. The zero-order chi connectivity index (χ0) is 11.2. The van der Waals surface area contributed by atoms with Crippen LogP contribution in [0.25, 0.3) is 10.1 Å². The maximum absolute atomic E-state index is 2.28. The third-order valence-corrected chi connectivity index (χ3v) is 4.39. The van der Waals surface area contributed by atoms with E-state index in [9.17, 15) is 0 Å². The summed E-state index contributed by atoms with van der Waals surface area (Å²) >= 11 is 1.86. The van der Waals surface area contributed by atoms with Gasteiger partial charge >= 0.3 is 0 Å². The lowest BCUT2D eigenvalue weighted by molar-refractivity contribution is 0.847. The Kier molecular flexibility index (Phi) is 2.59. The Morgan fingerprint density at radius 3 is 2.27 bits per heavy atom. The maximum atomic E-state index is 2.28. The molecular formula is C14H18S. The fourth-order valence-electron chi connectivity index (χ4n) is 2.56. The molecule has 0 N–H and O–H groups in total. The van der Waals surface area contributed by atoms with E-state index in [1.807, 2.05) is 11.3 Å². The highest BCUT2D eigenvalue weighted by atomic mass is 32.1. The molecular weight excluding hydrogens is 200 g/mol. The minimum atomic E-state index is 0.619. The fraction of sp³-hybridized carbons (Fsp3) is 0.429. The number of hydrogen-bond acceptors (Lipinski definition) is 1. The highest BCUT2D eigenvalue weighted by molar-refractivity contribution is 7.17. The second-order valence-corrected chi connectivity index (χ2v) is 5.52. The molecule has 1 heterocycles. The normalized spacial score (nSPS) is 11.6. The van der Waals surface area contributed by atoms with Gasteiger partial charge in [-0.25, -0.2) is 0 Å². The van der Waals surface area contributed by atoms with Crippen LogP contribution in [0.1, 0.15) is 42.0 Å². The first-order valence-electron chi connectivity index (χ1n) is 5.51. The monoisotopic (exact) mass is 218 g/mol. The molecule has 0 aliphatic heterocycles. The van der Waals surface area contributed by atoms with Crippen LogP contribution in [0.3, 0.4) is 0 Å². The first kappa shape index (κ1) is 10.7. The van der Waals surface area contributed by atoms with E-state index in [1.54, 1.807) is 5.56 Å². The molecule has 0 bridgehead atoms. The fourth-order valence-corrected chi connectivity index (χ4v) is 3.58. The standard InChI is InChI=1S/C14H18S/c1-8(2)13-9(3)10(4)14-12(11(13)5)6-7-15-14/h6-8H,1-5H3. The van der Waals surface area contributed by atoms with Crippen LogP contribution >= 0.6 is 11.3 Å². The van der Waals surface area contributed by atoms with Crippen molar-refractivity contribution in [3.8, 4) is 0 Å². The van der Waals surface area contributed by atoms with E-state index in [2.05, 4.69) is 46.1 Å². The van der Waals surface area contributed by atoms with E-state index in [0.29, 0.717) is 5.92 Å². The third-order valence-electron chi connectivity index (χ3n) is 3.36. The lowest BCUT2D eigenvalue weighted by Gasteiger charge is -2.17. The summed E-state index contributed by atoms with van der Waals surface area (Å²) in [5.74, 6) is 0.619. The van der Waals surface area contributed by atoms with Crippen LogP contribution in [0.2, 0.25) is 0 Å². The Bertz CT molecular complexity index is 504. The quantitative estimate of drug-likeness (QED) is 0.635. The average molecular weight is 218 g/mol. The number of fused-ring (bicyclic) bond motifs is 1. The summed E-state index contributed by atoms with van der Waals surface area (Å²) < 4.78 is 1.47. The van der Waals surface area contributed by atoms with E-state index in [0.717, 1.165) is 0 Å². The molecule has 0 aliphatic carbocycles. The van der Waals surface area contributed by atoms with E-state index in [-0.39, 0.29) is 0 Å². The molecule has 0 aliphatic rings. The van der Waals surface area contributed by atoms with Gasteiger partial charge in [0.1, 0.15) is 0 Å². The summed E-state index contributed by atoms with van der Waals surface area (Å²) in [5, 5.41) is 3.65. The Morgan fingerprint density at radius 1 is 1.00 bits per heavy atom. The predicted octanol–water partition coefficient (Wildman–Crippen LogP) is 4.95. The number of rotatable bonds is 1. The van der Waals surface area contributed by atoms with E-state index < -0.39 is 0 Å². The van der Waals surface area contributed by atoms with Crippen molar-refractivity contribution in [3.05, 3.63) is 33.7 Å². The molecule has 0 radical (unpaired) electrons. The van der Waals surface area contributed by atoms with Gasteiger partial charge in [0.05, 0.1) is 0 Å². The highest BCUT2D eigenvalue weighted by Crippen LogP contribution is 2.36. The minimum Gasteiger partial charge on any atom is -0.144 e. The molecule has 0 amide bonds. The smallest absolute Gasteiger partial charge is 0.0377 e. The van der Waals surface area contributed by atoms with Gasteiger partial charge in [-0.2, -0.15) is 0 Å². The molecule has 0 fully saturated rings. The Labute approximate surface area is 95.9 Å². The minimum absolute atomic E-state index is 0.619. The number of thiophene rings is 1. The summed E-state index contributed by atoms with van der Waals surface area (Å²) in [4.78, 5) is 0. The van der Waals surface area contributed by atoms with Gasteiger partial charge < -0.3 is 0 Å². The molecule has 0 unspecified atom stereocenters. The van der Waals surface area contributed by atoms with Crippen molar-refractivity contribution in [2.75, 3.05) is 0 Å². The summed E-state index contributed by atoms with van der Waals surface area (Å²) in [7, 11) is 0. The SMILES string of the molecule is Cc1c(C(C)C)c(C)c2ccsc2c1C. The van der Waals surface area contributed by atoms with Crippen LogP contribution < -0.4 is 0 Å². The lowest BCUT2D eigenvalue weighted by atomic mass is 9.88. The van der Waals surface area contributed by atoms with Gasteiger partial charge in [-0.15, -0.1) is 11.3 Å². The van der Waals surface area contributed by atoms with Gasteiger partial charge in [-0.05, 0) is 65.8 Å². The molecule has 1 aromatic heterocycles. The molecule has 1 aromatic carbocycles. The molecule has 0 spiro atoms. The van der Waals surface area contributed by atoms with Crippen LogP contribution in [0, 0.1) is 20.8 Å². The molecule has 0 atom stereocenters. The van der Waals surface area contributed by atoms with Crippen LogP contribution in [0.15, 0.2) is 11.4 Å². The molecule has 2 aromatic rings. The van der Waals surface area contributed by atoms with Crippen molar-refractivity contribution >= 4 is 21.4 Å². The predicted molar refractivity (Wildman–Crippen MR) is 70.1 cm³/mol. The van der Waals surface area contributed by atoms with Crippen LogP contribution in [0.4, 0.5) is 0 Å². The van der Waals surface area contributed by atoms with Gasteiger partial charge in [0, 0.05) is 4.70 Å². The van der Waals surface area contributed by atoms with Gasteiger partial charge in [-0.1, -0.05) is 13.8 Å². The van der Waals surface area contributed by atoms with Crippen LogP contribution in [0.5, 0.6) is 0 Å². The number of aryl methyl sites for hydroxylation is 2. The molecule has 0 nitrogen and oxygen atoms in total. The first-order chi connectivity index (χ1) is 7.04. The van der Waals surface area contributed by atoms with Crippen molar-refractivity contribution in [2.24, 2.45) is 0 Å². The average Bonchev–Trinajstić information content (AvgIpc) is 2.62. The van der Waals surface area contributed by atoms with Crippen LogP contribution in [-0.4, -0.2) is 0 Å². The zero-order valence-electron chi connectivity index (χ0n) is 10.1. The third kappa shape index (κ3) is 1.50. The zero-order valence-corrected chi connectivity index (χ0v) is 11.0. The Hall–Kier alpha value is -0.820. The van der Waals surface area contributed by atoms with Gasteiger partial charge in [-0.3, -0.25) is 0 Å². The second kappa shape index (κ2) is 3.64. The van der Waals surface area contributed by atoms with Crippen molar-refractivity contribution in [2.45, 2.75) is 40.5 Å². The molecule has 2 rings (SSSR count). The topological polar surface area (TPSA) is 0 Å².